The van der Waals surface area contributed by atoms with Gasteiger partial charge in [0.2, 0.25) is 0 Å². The molecule has 0 atom stereocenters. The summed E-state index contributed by atoms with van der Waals surface area (Å²) in [5.74, 6) is 1.98. The number of fused-ring (bicyclic) bond motifs is 1. The lowest BCUT2D eigenvalue weighted by atomic mass is 9.92. The molecule has 0 aromatic heterocycles. The summed E-state index contributed by atoms with van der Waals surface area (Å²) < 4.78 is 12.1. The first kappa shape index (κ1) is 22.6. The predicted octanol–water partition coefficient (Wildman–Crippen LogP) is 7.10. The Hall–Kier alpha value is -2.55. The molecule has 0 fully saturated rings. The smallest absolute Gasteiger partial charge is 0.122 e. The zero-order valence-electron chi connectivity index (χ0n) is 20.2. The van der Waals surface area contributed by atoms with Gasteiger partial charge in [0.25, 0.3) is 0 Å². The molecule has 1 aliphatic heterocycles. The highest BCUT2D eigenvalue weighted by atomic mass is 16.5. The van der Waals surface area contributed by atoms with Crippen LogP contribution >= 0.6 is 0 Å². The average molecular weight is 432 g/mol. The topological polar surface area (TPSA) is 30.8 Å². The van der Waals surface area contributed by atoms with Crippen molar-refractivity contribution in [3.63, 3.8) is 0 Å². The van der Waals surface area contributed by atoms with E-state index in [4.69, 9.17) is 14.5 Å². The van der Waals surface area contributed by atoms with E-state index in [1.54, 1.807) is 0 Å². The Balaban J connectivity index is 1.31. The van der Waals surface area contributed by atoms with Crippen molar-refractivity contribution in [1.82, 2.24) is 0 Å². The highest BCUT2D eigenvalue weighted by Crippen LogP contribution is 2.32. The van der Waals surface area contributed by atoms with Crippen LogP contribution in [0.4, 0.5) is 0 Å². The van der Waals surface area contributed by atoms with Crippen molar-refractivity contribution in [3.8, 4) is 11.5 Å². The van der Waals surface area contributed by atoms with Crippen LogP contribution < -0.4 is 9.47 Å². The summed E-state index contributed by atoms with van der Waals surface area (Å²) in [6.45, 7) is 10.2. The molecule has 3 nitrogen and oxygen atoms in total. The maximum Gasteiger partial charge on any atom is 0.122 e. The van der Waals surface area contributed by atoms with E-state index < -0.39 is 0 Å². The standard InChI is InChI=1S/C29H37NO2/c1-5-8-24-19-23(26-14-16-28(30-26)29(2,3)4)12-15-27(24)32-18-7-17-31-25-13-11-21-9-6-10-22(21)20-25/h11-13,15-16,19-20H,5-10,14,17-18H2,1-4H3. The van der Waals surface area contributed by atoms with Crippen molar-refractivity contribution in [2.45, 2.75) is 72.6 Å². The predicted molar refractivity (Wildman–Crippen MR) is 133 cm³/mol. The minimum absolute atomic E-state index is 0.0961. The number of hydrogen-bond donors (Lipinski definition) is 0. The fourth-order valence-corrected chi connectivity index (χ4v) is 4.52. The lowest BCUT2D eigenvalue weighted by Gasteiger charge is -2.17. The van der Waals surface area contributed by atoms with Gasteiger partial charge in [0, 0.05) is 24.0 Å². The van der Waals surface area contributed by atoms with Crippen LogP contribution in [0.3, 0.4) is 0 Å². The van der Waals surface area contributed by atoms with Gasteiger partial charge in [-0.2, -0.15) is 0 Å². The zero-order chi connectivity index (χ0) is 22.6. The number of aliphatic imine (C=N–C) groups is 1. The maximum absolute atomic E-state index is 6.16. The fraction of sp³-hybridized carbons (Fsp3) is 0.483. The van der Waals surface area contributed by atoms with Crippen LogP contribution in [0, 0.1) is 5.41 Å². The Labute approximate surface area is 193 Å². The van der Waals surface area contributed by atoms with Crippen molar-refractivity contribution in [2.24, 2.45) is 10.4 Å². The molecule has 0 bridgehead atoms. The molecule has 2 aliphatic rings. The number of nitrogens with zero attached hydrogens (tertiary/aromatic N) is 1. The van der Waals surface area contributed by atoms with Gasteiger partial charge in [0.15, 0.2) is 0 Å². The van der Waals surface area contributed by atoms with Crippen LogP contribution in [-0.2, 0) is 19.3 Å². The maximum atomic E-state index is 6.16. The van der Waals surface area contributed by atoms with Gasteiger partial charge in [-0.25, -0.2) is 0 Å². The third-order valence-corrected chi connectivity index (χ3v) is 6.31. The Morgan fingerprint density at radius 1 is 0.938 bits per heavy atom. The largest absolute Gasteiger partial charge is 0.493 e. The lowest BCUT2D eigenvalue weighted by molar-refractivity contribution is 0.246. The van der Waals surface area contributed by atoms with Crippen molar-refractivity contribution in [2.75, 3.05) is 13.2 Å². The SMILES string of the molecule is CCCc1cc(C2=NC(C(C)(C)C)=CC2)ccc1OCCCOc1ccc2c(c1)CCC2. The van der Waals surface area contributed by atoms with Crippen LogP contribution in [0.15, 0.2) is 53.2 Å². The van der Waals surface area contributed by atoms with Crippen LogP contribution in [-0.4, -0.2) is 18.9 Å². The van der Waals surface area contributed by atoms with Gasteiger partial charge in [-0.1, -0.05) is 46.3 Å². The van der Waals surface area contributed by atoms with E-state index in [1.165, 1.54) is 52.9 Å². The molecule has 0 spiro atoms. The summed E-state index contributed by atoms with van der Waals surface area (Å²) in [4.78, 5) is 4.92. The molecule has 0 saturated heterocycles. The molecular weight excluding hydrogens is 394 g/mol. The average Bonchev–Trinajstić information content (AvgIpc) is 3.44. The third kappa shape index (κ3) is 5.43. The second-order valence-corrected chi connectivity index (χ2v) is 10.0. The Bertz CT molecular complexity index is 1010. The summed E-state index contributed by atoms with van der Waals surface area (Å²) in [7, 11) is 0. The Kier molecular flexibility index (Phi) is 7.03. The van der Waals surface area contributed by atoms with E-state index in [1.807, 2.05) is 0 Å². The van der Waals surface area contributed by atoms with Gasteiger partial charge in [-0.3, -0.25) is 4.99 Å². The number of hydrogen-bond acceptors (Lipinski definition) is 3. The monoisotopic (exact) mass is 431 g/mol. The minimum atomic E-state index is 0.0961. The molecule has 1 aliphatic carbocycles. The van der Waals surface area contributed by atoms with Crippen molar-refractivity contribution < 1.29 is 9.47 Å². The van der Waals surface area contributed by atoms with E-state index in [9.17, 15) is 0 Å². The summed E-state index contributed by atoms with van der Waals surface area (Å²) in [6, 6.07) is 13.1. The number of benzene rings is 2. The summed E-state index contributed by atoms with van der Waals surface area (Å²) in [6.07, 6.45) is 9.83. The summed E-state index contributed by atoms with van der Waals surface area (Å²) >= 11 is 0. The third-order valence-electron chi connectivity index (χ3n) is 6.31. The highest BCUT2D eigenvalue weighted by molar-refractivity contribution is 6.03. The first-order chi connectivity index (χ1) is 15.4. The molecule has 0 radical (unpaired) electrons. The van der Waals surface area contributed by atoms with Crippen molar-refractivity contribution in [1.29, 1.82) is 0 Å². The van der Waals surface area contributed by atoms with Crippen molar-refractivity contribution >= 4 is 5.71 Å². The number of allylic oxidation sites excluding steroid dienone is 2. The molecule has 0 unspecified atom stereocenters. The molecule has 4 rings (SSSR count). The first-order valence-electron chi connectivity index (χ1n) is 12.2. The van der Waals surface area contributed by atoms with E-state index in [2.05, 4.69) is 70.2 Å². The van der Waals surface area contributed by atoms with Gasteiger partial charge < -0.3 is 9.47 Å². The molecule has 32 heavy (non-hydrogen) atoms. The van der Waals surface area contributed by atoms with Gasteiger partial charge in [0.1, 0.15) is 11.5 Å². The molecule has 2 aromatic rings. The van der Waals surface area contributed by atoms with Crippen LogP contribution in [0.25, 0.3) is 0 Å². The minimum Gasteiger partial charge on any atom is -0.493 e. The second kappa shape index (κ2) is 9.94. The number of ether oxygens (including phenoxy) is 2. The summed E-state index contributed by atoms with van der Waals surface area (Å²) in [5, 5.41) is 0. The molecule has 170 valence electrons. The molecule has 2 aromatic carbocycles. The van der Waals surface area contributed by atoms with Crippen LogP contribution in [0.5, 0.6) is 11.5 Å². The molecule has 0 amide bonds. The van der Waals surface area contributed by atoms with E-state index >= 15 is 0 Å². The van der Waals surface area contributed by atoms with Gasteiger partial charge >= 0.3 is 0 Å². The van der Waals surface area contributed by atoms with E-state index in [0.717, 1.165) is 37.2 Å². The van der Waals surface area contributed by atoms with Gasteiger partial charge in [0.05, 0.1) is 18.9 Å². The Morgan fingerprint density at radius 3 is 2.53 bits per heavy atom. The van der Waals surface area contributed by atoms with Gasteiger partial charge in [-0.15, -0.1) is 0 Å². The molecule has 0 saturated carbocycles. The molecular formula is C29H37NO2. The lowest BCUT2D eigenvalue weighted by Crippen LogP contribution is -2.08. The summed E-state index contributed by atoms with van der Waals surface area (Å²) in [5.41, 5.74) is 7.89. The van der Waals surface area contributed by atoms with E-state index in [0.29, 0.717) is 13.2 Å². The van der Waals surface area contributed by atoms with Crippen LogP contribution in [0.1, 0.15) is 75.6 Å². The van der Waals surface area contributed by atoms with Gasteiger partial charge in [-0.05, 0) is 78.3 Å². The molecule has 1 heterocycles. The number of rotatable bonds is 9. The van der Waals surface area contributed by atoms with Crippen LogP contribution in [0.2, 0.25) is 0 Å². The fourth-order valence-electron chi connectivity index (χ4n) is 4.52. The second-order valence-electron chi connectivity index (χ2n) is 10.0. The Morgan fingerprint density at radius 2 is 1.75 bits per heavy atom. The first-order valence-corrected chi connectivity index (χ1v) is 12.2. The van der Waals surface area contributed by atoms with Crippen molar-refractivity contribution in [3.05, 3.63) is 70.4 Å². The number of aryl methyl sites for hydroxylation is 3. The zero-order valence-corrected chi connectivity index (χ0v) is 20.2. The normalized spacial score (nSPS) is 15.4. The highest BCUT2D eigenvalue weighted by Gasteiger charge is 2.22. The molecule has 0 N–H and O–H groups in total. The molecule has 3 heteroatoms. The quantitative estimate of drug-likeness (QED) is 0.397. The van der Waals surface area contributed by atoms with E-state index in [-0.39, 0.29) is 5.41 Å².